The van der Waals surface area contributed by atoms with Crippen LogP contribution in [0, 0.1) is 0 Å². The lowest BCUT2D eigenvalue weighted by Crippen LogP contribution is -2.52. The Hall–Kier alpha value is -1.57. The average molecular weight is 450 g/mol. The lowest BCUT2D eigenvalue weighted by molar-refractivity contribution is 0.0712. The molecule has 1 N–H and O–H groups in total. The van der Waals surface area contributed by atoms with Crippen LogP contribution in [-0.4, -0.2) is 80.1 Å². The van der Waals surface area contributed by atoms with Gasteiger partial charge < -0.3 is 29.3 Å². The summed E-state index contributed by atoms with van der Waals surface area (Å²) in [4.78, 5) is 4.81. The van der Waals surface area contributed by atoms with E-state index in [0.29, 0.717) is 25.4 Å². The molecule has 1 unspecified atom stereocenters. The van der Waals surface area contributed by atoms with Gasteiger partial charge in [-0.2, -0.15) is 0 Å². The van der Waals surface area contributed by atoms with E-state index in [4.69, 9.17) is 26.4 Å². The second-order valence-electron chi connectivity index (χ2n) is 8.45. The van der Waals surface area contributed by atoms with Crippen molar-refractivity contribution in [3.8, 4) is 11.5 Å². The zero-order valence-corrected chi connectivity index (χ0v) is 20.2. The van der Waals surface area contributed by atoms with Gasteiger partial charge in [0.1, 0.15) is 0 Å². The minimum Gasteiger partial charge on any atom is -0.490 e. The van der Waals surface area contributed by atoms with E-state index in [1.807, 2.05) is 19.9 Å². The molecule has 0 saturated carbocycles. The Morgan fingerprint density at radius 1 is 1.16 bits per heavy atom. The van der Waals surface area contributed by atoms with Crippen molar-refractivity contribution < 1.29 is 14.2 Å². The van der Waals surface area contributed by atoms with E-state index in [-0.39, 0.29) is 0 Å². The van der Waals surface area contributed by atoms with Crippen molar-refractivity contribution in [2.24, 2.45) is 0 Å². The van der Waals surface area contributed by atoms with Crippen LogP contribution < -0.4 is 14.8 Å². The summed E-state index contributed by atoms with van der Waals surface area (Å²) >= 11 is 5.86. The minimum atomic E-state index is 0.305. The molecule has 0 aromatic heterocycles. The van der Waals surface area contributed by atoms with Gasteiger partial charge in [0.05, 0.1) is 19.3 Å². The van der Waals surface area contributed by atoms with Crippen molar-refractivity contribution in [1.82, 2.24) is 15.1 Å². The number of hydrogen-bond acceptors (Lipinski definition) is 5. The Morgan fingerprint density at radius 2 is 1.90 bits per heavy atom. The van der Waals surface area contributed by atoms with E-state index >= 15 is 0 Å². The highest BCUT2D eigenvalue weighted by atomic mass is 32.1. The third kappa shape index (κ3) is 7.22. The van der Waals surface area contributed by atoms with Gasteiger partial charge in [-0.25, -0.2) is 0 Å². The molecule has 31 heavy (non-hydrogen) atoms. The third-order valence-corrected chi connectivity index (χ3v) is 6.49. The first-order chi connectivity index (χ1) is 15.1. The monoisotopic (exact) mass is 449 g/mol. The van der Waals surface area contributed by atoms with Gasteiger partial charge in [0.2, 0.25) is 0 Å². The fourth-order valence-corrected chi connectivity index (χ4v) is 4.70. The summed E-state index contributed by atoms with van der Waals surface area (Å²) in [7, 11) is 2.20. The Bertz CT molecular complexity index is 689. The van der Waals surface area contributed by atoms with Gasteiger partial charge in [-0.1, -0.05) is 6.07 Å². The van der Waals surface area contributed by atoms with E-state index < -0.39 is 0 Å². The van der Waals surface area contributed by atoms with Gasteiger partial charge in [-0.15, -0.1) is 0 Å². The number of nitrogens with one attached hydrogen (secondary N) is 1. The Morgan fingerprint density at radius 3 is 2.58 bits per heavy atom. The molecule has 7 heteroatoms. The van der Waals surface area contributed by atoms with Crippen molar-refractivity contribution in [3.63, 3.8) is 0 Å². The second kappa shape index (κ2) is 12.5. The van der Waals surface area contributed by atoms with Crippen molar-refractivity contribution in [3.05, 3.63) is 23.8 Å². The second-order valence-corrected chi connectivity index (χ2v) is 8.84. The van der Waals surface area contributed by atoms with Crippen molar-refractivity contribution >= 4 is 17.3 Å². The number of nitrogens with zero attached hydrogens (tertiary/aromatic N) is 2. The van der Waals surface area contributed by atoms with Crippen LogP contribution in [0.2, 0.25) is 0 Å². The Balaban J connectivity index is 1.56. The number of piperidine rings is 1. The number of ether oxygens (including phenoxy) is 3. The maximum absolute atomic E-state index is 5.92. The molecule has 0 bridgehead atoms. The molecule has 1 aromatic rings. The molecular formula is C24H39N3O3S. The molecule has 3 rings (SSSR count). The number of rotatable bonds is 10. The van der Waals surface area contributed by atoms with Crippen LogP contribution in [0.15, 0.2) is 18.2 Å². The summed E-state index contributed by atoms with van der Waals surface area (Å²) < 4.78 is 17.4. The quantitative estimate of drug-likeness (QED) is 0.549. The van der Waals surface area contributed by atoms with E-state index in [0.717, 1.165) is 81.5 Å². The third-order valence-electron chi connectivity index (χ3n) is 6.11. The number of hydrogen-bond donors (Lipinski definition) is 1. The molecule has 2 heterocycles. The lowest BCUT2D eigenvalue weighted by atomic mass is 10.0. The van der Waals surface area contributed by atoms with Crippen LogP contribution in [0.4, 0.5) is 0 Å². The molecule has 1 aromatic carbocycles. The van der Waals surface area contributed by atoms with Crippen molar-refractivity contribution in [1.29, 1.82) is 0 Å². The highest BCUT2D eigenvalue weighted by Crippen LogP contribution is 2.28. The van der Waals surface area contributed by atoms with Crippen LogP contribution in [0.1, 0.15) is 45.1 Å². The van der Waals surface area contributed by atoms with Crippen LogP contribution in [0.25, 0.3) is 0 Å². The van der Waals surface area contributed by atoms with E-state index in [9.17, 15) is 0 Å². The van der Waals surface area contributed by atoms with Gasteiger partial charge in [0, 0.05) is 25.7 Å². The lowest BCUT2D eigenvalue weighted by Gasteiger charge is -2.40. The first-order valence-corrected chi connectivity index (χ1v) is 12.2. The standard InChI is InChI=1S/C24H39N3O3S/c1-4-28-22-9-8-19(17-23(22)29-5-2)10-13-25-24(31)27(18-21-7-6-16-30-21)20-11-14-26(3)15-12-20/h8-9,17,20-21H,4-7,10-16,18H2,1-3H3,(H,25,31). The average Bonchev–Trinajstić information content (AvgIpc) is 3.28. The van der Waals surface area contributed by atoms with Crippen molar-refractivity contribution in [2.75, 3.05) is 53.0 Å². The molecular weight excluding hydrogens is 410 g/mol. The smallest absolute Gasteiger partial charge is 0.169 e. The first kappa shape index (κ1) is 24.1. The molecule has 0 amide bonds. The van der Waals surface area contributed by atoms with E-state index in [1.165, 1.54) is 5.56 Å². The van der Waals surface area contributed by atoms with E-state index in [2.05, 4.69) is 34.3 Å². The van der Waals surface area contributed by atoms with Gasteiger partial charge >= 0.3 is 0 Å². The van der Waals surface area contributed by atoms with Crippen LogP contribution in [0.3, 0.4) is 0 Å². The SMILES string of the molecule is CCOc1ccc(CCNC(=S)N(CC2CCCO2)C2CCN(C)CC2)cc1OCC. The summed E-state index contributed by atoms with van der Waals surface area (Å²) in [6, 6.07) is 6.69. The normalized spacial score (nSPS) is 19.9. The van der Waals surface area contributed by atoms with Crippen LogP contribution >= 0.6 is 12.2 Å². The predicted molar refractivity (Wildman–Crippen MR) is 129 cm³/mol. The Kier molecular flexibility index (Phi) is 9.68. The Labute approximate surface area is 193 Å². The van der Waals surface area contributed by atoms with Crippen molar-refractivity contribution in [2.45, 2.75) is 58.1 Å². The number of thiocarbonyl (C=S) groups is 1. The summed E-state index contributed by atoms with van der Waals surface area (Å²) in [5.74, 6) is 1.62. The topological polar surface area (TPSA) is 46.2 Å². The van der Waals surface area contributed by atoms with Gasteiger partial charge in [-0.05, 0) is 96.0 Å². The molecule has 2 aliphatic rings. The molecule has 174 valence electrons. The highest BCUT2D eigenvalue weighted by molar-refractivity contribution is 7.80. The molecule has 2 aliphatic heterocycles. The summed E-state index contributed by atoms with van der Waals surface area (Å²) in [5.41, 5.74) is 1.21. The summed E-state index contributed by atoms with van der Waals surface area (Å²) in [6.45, 7) is 10.1. The molecule has 6 nitrogen and oxygen atoms in total. The zero-order valence-electron chi connectivity index (χ0n) is 19.4. The first-order valence-electron chi connectivity index (χ1n) is 11.8. The predicted octanol–water partition coefficient (Wildman–Crippen LogP) is 3.48. The minimum absolute atomic E-state index is 0.305. The molecule has 1 atom stereocenters. The van der Waals surface area contributed by atoms with Gasteiger partial charge in [0.15, 0.2) is 16.6 Å². The highest BCUT2D eigenvalue weighted by Gasteiger charge is 2.28. The van der Waals surface area contributed by atoms with Crippen LogP contribution in [0.5, 0.6) is 11.5 Å². The molecule has 2 fully saturated rings. The molecule has 0 aliphatic carbocycles. The van der Waals surface area contributed by atoms with Crippen LogP contribution in [-0.2, 0) is 11.2 Å². The largest absolute Gasteiger partial charge is 0.490 e. The zero-order chi connectivity index (χ0) is 22.1. The maximum Gasteiger partial charge on any atom is 0.169 e. The molecule has 0 radical (unpaired) electrons. The van der Waals surface area contributed by atoms with E-state index in [1.54, 1.807) is 0 Å². The summed E-state index contributed by atoms with van der Waals surface area (Å²) in [6.07, 6.45) is 5.79. The fourth-order valence-electron chi connectivity index (χ4n) is 4.38. The summed E-state index contributed by atoms with van der Waals surface area (Å²) in [5, 5.41) is 4.38. The molecule has 0 spiro atoms. The van der Waals surface area contributed by atoms with Gasteiger partial charge in [-0.3, -0.25) is 0 Å². The fraction of sp³-hybridized carbons (Fsp3) is 0.708. The number of benzene rings is 1. The maximum atomic E-state index is 5.92. The molecule has 2 saturated heterocycles. The van der Waals surface area contributed by atoms with Gasteiger partial charge in [0.25, 0.3) is 0 Å². The number of likely N-dealkylation sites (tertiary alicyclic amines) is 1.